The van der Waals surface area contributed by atoms with Gasteiger partial charge in [0.2, 0.25) is 0 Å². The summed E-state index contributed by atoms with van der Waals surface area (Å²) in [6.07, 6.45) is 7.49. The number of hydrogen-bond acceptors (Lipinski definition) is 6. The molecule has 2 bridgehead atoms. The SMILES string of the molecule is CC(C)Nc1cc(C(=O)N[C@H]2C[C@H]3CC[C@@H](C2)N3c2ccc(C(=O)C3CC3)cn2)c(Br)cc1C(N)=O. The minimum absolute atomic E-state index is 0.0474. The Hall–Kier alpha value is -2.94. The van der Waals surface area contributed by atoms with E-state index in [2.05, 4.69) is 36.4 Å². The van der Waals surface area contributed by atoms with Crippen molar-refractivity contribution in [2.45, 2.75) is 76.5 Å². The maximum atomic E-state index is 13.3. The molecule has 1 saturated carbocycles. The number of halogens is 1. The quantitative estimate of drug-likeness (QED) is 0.420. The average molecular weight is 554 g/mol. The molecule has 2 amide bonds. The molecule has 3 heterocycles. The number of Topliss-reactive ketones (excluding diaryl/α,β-unsaturated/α-hetero) is 1. The van der Waals surface area contributed by atoms with Crippen molar-refractivity contribution in [2.75, 3.05) is 10.2 Å². The molecule has 2 aliphatic heterocycles. The lowest BCUT2D eigenvalue weighted by Crippen LogP contribution is -2.50. The fraction of sp³-hybridized carbons (Fsp3) is 0.481. The summed E-state index contributed by atoms with van der Waals surface area (Å²) in [4.78, 5) is 44.5. The summed E-state index contributed by atoms with van der Waals surface area (Å²) >= 11 is 3.45. The van der Waals surface area contributed by atoms with Crippen LogP contribution in [-0.2, 0) is 0 Å². The summed E-state index contributed by atoms with van der Waals surface area (Å²) in [5.74, 6) is 0.586. The highest BCUT2D eigenvalue weighted by Crippen LogP contribution is 2.39. The van der Waals surface area contributed by atoms with Crippen LogP contribution >= 0.6 is 15.9 Å². The van der Waals surface area contributed by atoms with Crippen LogP contribution in [0, 0.1) is 5.92 Å². The normalized spacial score (nSPS) is 23.0. The molecule has 8 nitrogen and oxygen atoms in total. The number of nitrogens with one attached hydrogen (secondary N) is 2. The molecular weight excluding hydrogens is 522 g/mol. The molecule has 0 radical (unpaired) electrons. The topological polar surface area (TPSA) is 117 Å². The molecule has 1 aliphatic carbocycles. The third-order valence-electron chi connectivity index (χ3n) is 7.37. The van der Waals surface area contributed by atoms with Gasteiger partial charge in [-0.1, -0.05) is 0 Å². The third kappa shape index (κ3) is 4.98. The van der Waals surface area contributed by atoms with Gasteiger partial charge in [-0.3, -0.25) is 14.4 Å². The molecule has 0 unspecified atom stereocenters. The Morgan fingerprint density at radius 1 is 1.06 bits per heavy atom. The Balaban J connectivity index is 1.27. The average Bonchev–Trinajstić information content (AvgIpc) is 3.64. The zero-order valence-corrected chi connectivity index (χ0v) is 22.2. The fourth-order valence-corrected chi connectivity index (χ4v) is 6.10. The highest BCUT2D eigenvalue weighted by atomic mass is 79.9. The number of hydrogen-bond donors (Lipinski definition) is 3. The molecule has 36 heavy (non-hydrogen) atoms. The zero-order chi connectivity index (χ0) is 25.6. The van der Waals surface area contributed by atoms with E-state index in [0.717, 1.165) is 44.3 Å². The summed E-state index contributed by atoms with van der Waals surface area (Å²) in [6, 6.07) is 7.90. The number of rotatable bonds is 8. The summed E-state index contributed by atoms with van der Waals surface area (Å²) in [6.45, 7) is 3.92. The molecule has 3 atom stereocenters. The van der Waals surface area contributed by atoms with E-state index >= 15 is 0 Å². The van der Waals surface area contributed by atoms with Crippen molar-refractivity contribution in [3.8, 4) is 0 Å². The van der Waals surface area contributed by atoms with Gasteiger partial charge in [-0.15, -0.1) is 0 Å². The van der Waals surface area contributed by atoms with Crippen LogP contribution in [0.4, 0.5) is 11.5 Å². The minimum Gasteiger partial charge on any atom is -0.382 e. The number of nitrogens with zero attached hydrogens (tertiary/aromatic N) is 2. The van der Waals surface area contributed by atoms with Crippen LogP contribution in [0.1, 0.15) is 83.4 Å². The number of pyridine rings is 1. The Kier molecular flexibility index (Phi) is 6.76. The van der Waals surface area contributed by atoms with E-state index in [0.29, 0.717) is 38.9 Å². The van der Waals surface area contributed by atoms with Crippen LogP contribution in [0.5, 0.6) is 0 Å². The van der Waals surface area contributed by atoms with Gasteiger partial charge < -0.3 is 21.3 Å². The smallest absolute Gasteiger partial charge is 0.252 e. The van der Waals surface area contributed by atoms with Crippen molar-refractivity contribution in [1.29, 1.82) is 0 Å². The van der Waals surface area contributed by atoms with Crippen LogP contribution in [0.15, 0.2) is 34.9 Å². The number of primary amides is 1. The number of amides is 2. The monoisotopic (exact) mass is 553 g/mol. The zero-order valence-electron chi connectivity index (χ0n) is 20.6. The summed E-state index contributed by atoms with van der Waals surface area (Å²) in [5, 5.41) is 6.43. The van der Waals surface area contributed by atoms with Gasteiger partial charge in [0, 0.05) is 52.0 Å². The van der Waals surface area contributed by atoms with E-state index in [9.17, 15) is 14.4 Å². The van der Waals surface area contributed by atoms with Gasteiger partial charge >= 0.3 is 0 Å². The van der Waals surface area contributed by atoms with E-state index < -0.39 is 5.91 Å². The molecule has 3 aliphatic rings. The molecule has 3 fully saturated rings. The van der Waals surface area contributed by atoms with Gasteiger partial charge in [0.25, 0.3) is 11.8 Å². The van der Waals surface area contributed by atoms with E-state index in [1.165, 1.54) is 0 Å². The number of benzene rings is 1. The summed E-state index contributed by atoms with van der Waals surface area (Å²) < 4.78 is 0.536. The van der Waals surface area contributed by atoms with Crippen molar-refractivity contribution < 1.29 is 14.4 Å². The highest BCUT2D eigenvalue weighted by Gasteiger charge is 2.42. The molecular formula is C27H32BrN5O3. The number of nitrogens with two attached hydrogens (primary N) is 1. The number of ketones is 1. The number of carbonyl (C=O) groups excluding carboxylic acids is 3. The Labute approximate surface area is 219 Å². The number of anilines is 2. The molecule has 2 saturated heterocycles. The van der Waals surface area contributed by atoms with Crippen LogP contribution in [0.25, 0.3) is 0 Å². The van der Waals surface area contributed by atoms with Crippen LogP contribution < -0.4 is 21.3 Å². The predicted octanol–water partition coefficient (Wildman–Crippen LogP) is 4.29. The summed E-state index contributed by atoms with van der Waals surface area (Å²) in [7, 11) is 0. The van der Waals surface area contributed by atoms with E-state index in [-0.39, 0.29) is 29.7 Å². The molecule has 190 valence electrons. The van der Waals surface area contributed by atoms with Crippen molar-refractivity contribution in [2.24, 2.45) is 11.7 Å². The predicted molar refractivity (Wildman–Crippen MR) is 142 cm³/mol. The van der Waals surface area contributed by atoms with Crippen LogP contribution in [-0.4, -0.2) is 46.7 Å². The maximum absolute atomic E-state index is 13.3. The van der Waals surface area contributed by atoms with Crippen molar-refractivity contribution in [1.82, 2.24) is 10.3 Å². The number of piperidine rings is 1. The largest absolute Gasteiger partial charge is 0.382 e. The lowest BCUT2D eigenvalue weighted by atomic mass is 9.96. The molecule has 5 rings (SSSR count). The van der Waals surface area contributed by atoms with Gasteiger partial charge in [0.15, 0.2) is 5.78 Å². The molecule has 1 aromatic carbocycles. The van der Waals surface area contributed by atoms with E-state index in [1.807, 2.05) is 26.0 Å². The number of aromatic nitrogens is 1. The van der Waals surface area contributed by atoms with Crippen LogP contribution in [0.2, 0.25) is 0 Å². The van der Waals surface area contributed by atoms with Crippen molar-refractivity contribution >= 4 is 45.0 Å². The Morgan fingerprint density at radius 3 is 2.31 bits per heavy atom. The second-order valence-electron chi connectivity index (χ2n) is 10.5. The van der Waals surface area contributed by atoms with Gasteiger partial charge in [-0.25, -0.2) is 4.98 Å². The lowest BCUT2D eigenvalue weighted by Gasteiger charge is -2.40. The molecule has 0 spiro atoms. The first-order valence-electron chi connectivity index (χ1n) is 12.7. The van der Waals surface area contributed by atoms with Crippen molar-refractivity contribution in [3.05, 3.63) is 51.6 Å². The lowest BCUT2D eigenvalue weighted by molar-refractivity contribution is 0.0923. The standard InChI is InChI=1S/C27H32BrN5O3/c1-14(2)31-23-12-20(22(28)11-21(23)26(29)35)27(36)32-17-9-18-6-7-19(10-17)33(18)24-8-5-16(13-30-24)25(34)15-3-4-15/h5,8,11-15,17-19,31H,3-4,6-7,9-10H2,1-2H3,(H2,29,35)(H,32,36)/t17-,18+,19-. The Bertz CT molecular complexity index is 1180. The number of carbonyl (C=O) groups is 3. The van der Waals surface area contributed by atoms with Crippen molar-refractivity contribution in [3.63, 3.8) is 0 Å². The molecule has 9 heteroatoms. The molecule has 2 aromatic rings. The van der Waals surface area contributed by atoms with E-state index in [1.54, 1.807) is 18.3 Å². The minimum atomic E-state index is -0.548. The first-order chi connectivity index (χ1) is 17.2. The molecule has 4 N–H and O–H groups in total. The maximum Gasteiger partial charge on any atom is 0.252 e. The molecule has 1 aromatic heterocycles. The van der Waals surface area contributed by atoms with Crippen LogP contribution in [0.3, 0.4) is 0 Å². The first kappa shape index (κ1) is 24.7. The van der Waals surface area contributed by atoms with Gasteiger partial charge in [0.05, 0.1) is 11.1 Å². The first-order valence-corrected chi connectivity index (χ1v) is 13.5. The third-order valence-corrected chi connectivity index (χ3v) is 8.03. The van der Waals surface area contributed by atoms with E-state index in [4.69, 9.17) is 5.73 Å². The van der Waals surface area contributed by atoms with Gasteiger partial charge in [-0.05, 0) is 92.6 Å². The number of fused-ring (bicyclic) bond motifs is 2. The second kappa shape index (κ2) is 9.84. The van der Waals surface area contributed by atoms with Gasteiger partial charge in [-0.2, -0.15) is 0 Å². The fourth-order valence-electron chi connectivity index (χ4n) is 5.58. The summed E-state index contributed by atoms with van der Waals surface area (Å²) in [5.41, 5.74) is 7.61. The Morgan fingerprint density at radius 2 is 1.75 bits per heavy atom. The second-order valence-corrected chi connectivity index (χ2v) is 11.4. The van der Waals surface area contributed by atoms with Gasteiger partial charge in [0.1, 0.15) is 5.82 Å². The highest BCUT2D eigenvalue weighted by molar-refractivity contribution is 9.10.